The summed E-state index contributed by atoms with van der Waals surface area (Å²) in [7, 11) is 1.47. The van der Waals surface area contributed by atoms with Crippen molar-refractivity contribution in [1.82, 2.24) is 10.3 Å². The van der Waals surface area contributed by atoms with Gasteiger partial charge in [0, 0.05) is 24.3 Å². The number of aliphatic hydroxyl groups is 1. The highest BCUT2D eigenvalue weighted by molar-refractivity contribution is 7.99. The van der Waals surface area contributed by atoms with Gasteiger partial charge in [0.25, 0.3) is 5.91 Å². The highest BCUT2D eigenvalue weighted by Gasteiger charge is 2.30. The molecule has 29 heavy (non-hydrogen) atoms. The third-order valence-corrected chi connectivity index (χ3v) is 4.75. The lowest BCUT2D eigenvalue weighted by Crippen LogP contribution is -2.52. The fraction of sp³-hybridized carbons (Fsp3) is 0.381. The minimum atomic E-state index is -1.15. The van der Waals surface area contributed by atoms with E-state index in [1.54, 1.807) is 25.4 Å². The predicted molar refractivity (Wildman–Crippen MR) is 112 cm³/mol. The Morgan fingerprint density at radius 3 is 2.83 bits per heavy atom. The highest BCUT2D eigenvalue weighted by Crippen LogP contribution is 2.26. The van der Waals surface area contributed by atoms with Crippen LogP contribution in [0.3, 0.4) is 0 Å². The van der Waals surface area contributed by atoms with Crippen LogP contribution in [-0.4, -0.2) is 53.6 Å². The number of thioether (sulfide) groups is 1. The molecule has 0 saturated carbocycles. The molecular weight excluding hydrogens is 390 g/mol. The van der Waals surface area contributed by atoms with E-state index in [9.17, 15) is 10.1 Å². The molecule has 2 aromatic rings. The van der Waals surface area contributed by atoms with Crippen molar-refractivity contribution in [2.24, 2.45) is 0 Å². The molecule has 152 valence electrons. The Kier molecular flexibility index (Phi) is 7.86. The Morgan fingerprint density at radius 1 is 1.45 bits per heavy atom. The average Bonchev–Trinajstić information content (AvgIpc) is 2.70. The van der Waals surface area contributed by atoms with E-state index in [0.717, 1.165) is 16.5 Å². The zero-order valence-electron chi connectivity index (χ0n) is 16.8. The zero-order valence-corrected chi connectivity index (χ0v) is 17.6. The van der Waals surface area contributed by atoms with Gasteiger partial charge in [-0.15, -0.1) is 11.8 Å². The van der Waals surface area contributed by atoms with Crippen LogP contribution in [0, 0.1) is 30.1 Å². The van der Waals surface area contributed by atoms with E-state index in [0.29, 0.717) is 11.3 Å². The molecule has 0 radical (unpaired) electrons. The number of nitrogens with one attached hydrogen (secondary N) is 1. The summed E-state index contributed by atoms with van der Waals surface area (Å²) in [5.41, 5.74) is 0.371. The third-order valence-electron chi connectivity index (χ3n) is 4.01. The van der Waals surface area contributed by atoms with Crippen LogP contribution in [-0.2, 0) is 9.53 Å². The Morgan fingerprint density at radius 2 is 2.21 bits per heavy atom. The van der Waals surface area contributed by atoms with E-state index in [4.69, 9.17) is 14.6 Å². The minimum Gasteiger partial charge on any atom is -0.470 e. The van der Waals surface area contributed by atoms with Crippen LogP contribution in [0.5, 0.6) is 5.75 Å². The maximum atomic E-state index is 12.6. The first-order valence-corrected chi connectivity index (χ1v) is 10.1. The Balaban J connectivity index is 2.28. The lowest BCUT2D eigenvalue weighted by molar-refractivity contribution is -0.126. The lowest BCUT2D eigenvalue weighted by Gasteiger charge is -2.25. The molecule has 8 heteroatoms. The second kappa shape index (κ2) is 10.1. The number of carbonyl (C=O) groups is 1. The number of aryl methyl sites for hydroxylation is 1. The number of nitriles is 1. The zero-order chi connectivity index (χ0) is 21.4. The maximum absolute atomic E-state index is 12.6. The number of nitrogens with zero attached hydrogens (tertiary/aromatic N) is 2. The van der Waals surface area contributed by atoms with Crippen molar-refractivity contribution in [1.29, 1.82) is 5.26 Å². The van der Waals surface area contributed by atoms with Crippen LogP contribution in [0.4, 0.5) is 0 Å². The number of rotatable bonds is 7. The molecule has 0 fully saturated rings. The summed E-state index contributed by atoms with van der Waals surface area (Å²) in [5.74, 6) is 5.50. The first kappa shape index (κ1) is 22.5. The predicted octanol–water partition coefficient (Wildman–Crippen LogP) is 2.00. The molecule has 7 nitrogen and oxygen atoms in total. The SMILES string of the molecule is COCC(C)(C#N)NC(=O)C(Oc1cc(C)c2ncc(C#CCO)cc2c1)SC. The smallest absolute Gasteiger partial charge is 0.273 e. The molecule has 1 heterocycles. The molecule has 0 spiro atoms. The largest absolute Gasteiger partial charge is 0.470 e. The Labute approximate surface area is 174 Å². The molecule has 2 atom stereocenters. The van der Waals surface area contributed by atoms with Crippen LogP contribution >= 0.6 is 11.8 Å². The van der Waals surface area contributed by atoms with Crippen LogP contribution in [0.2, 0.25) is 0 Å². The van der Waals surface area contributed by atoms with Gasteiger partial charge in [0.2, 0.25) is 5.44 Å². The van der Waals surface area contributed by atoms with Crippen LogP contribution in [0.25, 0.3) is 10.9 Å². The standard InChI is InChI=1S/C21H23N3O4S/c1-14-8-17(10-16-9-15(6-5-7-25)11-23-18(14)16)28-20(29-4)19(26)24-21(2,12-22)13-27-3/h8-11,20,25H,7,13H2,1-4H3,(H,24,26). The number of amides is 1. The van der Waals surface area contributed by atoms with Gasteiger partial charge in [0.05, 0.1) is 18.2 Å². The Bertz CT molecular complexity index is 993. The molecule has 2 rings (SSSR count). The summed E-state index contributed by atoms with van der Waals surface area (Å²) in [6.07, 6.45) is 3.40. The normalized spacial score (nSPS) is 13.5. The second-order valence-corrected chi connectivity index (χ2v) is 7.45. The summed E-state index contributed by atoms with van der Waals surface area (Å²) in [4.78, 5) is 17.0. The van der Waals surface area contributed by atoms with Crippen molar-refractivity contribution in [3.8, 4) is 23.7 Å². The van der Waals surface area contributed by atoms with E-state index >= 15 is 0 Å². The van der Waals surface area contributed by atoms with Gasteiger partial charge in [-0.2, -0.15) is 5.26 Å². The topological polar surface area (TPSA) is 104 Å². The summed E-state index contributed by atoms with van der Waals surface area (Å²) in [6.45, 7) is 3.33. The third kappa shape index (κ3) is 5.85. The number of fused-ring (bicyclic) bond motifs is 1. The van der Waals surface area contributed by atoms with Crippen molar-refractivity contribution in [2.75, 3.05) is 26.6 Å². The average molecular weight is 413 g/mol. The molecule has 1 aromatic heterocycles. The van der Waals surface area contributed by atoms with Crippen molar-refractivity contribution in [3.05, 3.63) is 35.5 Å². The van der Waals surface area contributed by atoms with Gasteiger partial charge in [0.15, 0.2) is 0 Å². The van der Waals surface area contributed by atoms with E-state index in [2.05, 4.69) is 22.1 Å². The molecule has 0 aliphatic heterocycles. The second-order valence-electron chi connectivity index (χ2n) is 6.55. The van der Waals surface area contributed by atoms with E-state index in [1.807, 2.05) is 25.1 Å². The van der Waals surface area contributed by atoms with Crippen LogP contribution in [0.15, 0.2) is 24.4 Å². The summed E-state index contributed by atoms with van der Waals surface area (Å²) in [5, 5.41) is 21.7. The molecule has 2 N–H and O–H groups in total. The van der Waals surface area contributed by atoms with Gasteiger partial charge in [-0.3, -0.25) is 9.78 Å². The van der Waals surface area contributed by atoms with Gasteiger partial charge in [-0.1, -0.05) is 11.8 Å². The van der Waals surface area contributed by atoms with Gasteiger partial charge >= 0.3 is 0 Å². The fourth-order valence-corrected chi connectivity index (χ4v) is 3.20. The summed E-state index contributed by atoms with van der Waals surface area (Å²) in [6, 6.07) is 7.50. The van der Waals surface area contributed by atoms with E-state index in [-0.39, 0.29) is 13.2 Å². The van der Waals surface area contributed by atoms with Gasteiger partial charge in [-0.25, -0.2) is 0 Å². The molecule has 0 bridgehead atoms. The van der Waals surface area contributed by atoms with Crippen molar-refractivity contribution < 1.29 is 19.4 Å². The van der Waals surface area contributed by atoms with E-state index in [1.165, 1.54) is 18.9 Å². The van der Waals surface area contributed by atoms with Gasteiger partial charge in [-0.05, 0) is 43.9 Å². The van der Waals surface area contributed by atoms with Crippen molar-refractivity contribution >= 4 is 28.6 Å². The number of hydrogen-bond acceptors (Lipinski definition) is 7. The number of carbonyl (C=O) groups excluding carboxylic acids is 1. The fourth-order valence-electron chi connectivity index (χ4n) is 2.72. The van der Waals surface area contributed by atoms with Crippen molar-refractivity contribution in [2.45, 2.75) is 24.8 Å². The molecule has 1 aromatic carbocycles. The summed E-state index contributed by atoms with van der Waals surface area (Å²) < 4.78 is 10.9. The highest BCUT2D eigenvalue weighted by atomic mass is 32.2. The molecule has 0 saturated heterocycles. The maximum Gasteiger partial charge on any atom is 0.273 e. The lowest BCUT2D eigenvalue weighted by atomic mass is 10.1. The molecule has 0 aliphatic carbocycles. The number of pyridine rings is 1. The number of hydrogen-bond donors (Lipinski definition) is 2. The van der Waals surface area contributed by atoms with Crippen LogP contribution in [0.1, 0.15) is 18.1 Å². The van der Waals surface area contributed by atoms with Crippen LogP contribution < -0.4 is 10.1 Å². The first-order valence-electron chi connectivity index (χ1n) is 8.77. The molecule has 2 unspecified atom stereocenters. The quantitative estimate of drug-likeness (QED) is 0.528. The molecule has 0 aliphatic rings. The minimum absolute atomic E-state index is 0.0642. The number of ether oxygens (including phenoxy) is 2. The Hall–Kier alpha value is -2.78. The first-order chi connectivity index (χ1) is 13.9. The van der Waals surface area contributed by atoms with E-state index < -0.39 is 16.9 Å². The number of methoxy groups -OCH3 is 1. The molecular formula is C21H23N3O4S. The number of aromatic nitrogens is 1. The van der Waals surface area contributed by atoms with Gasteiger partial charge < -0.3 is 19.9 Å². The molecule has 1 amide bonds. The van der Waals surface area contributed by atoms with Crippen molar-refractivity contribution in [3.63, 3.8) is 0 Å². The number of benzene rings is 1. The summed E-state index contributed by atoms with van der Waals surface area (Å²) >= 11 is 1.22. The monoisotopic (exact) mass is 413 g/mol. The van der Waals surface area contributed by atoms with Gasteiger partial charge in [0.1, 0.15) is 17.9 Å². The number of aliphatic hydroxyl groups excluding tert-OH is 1.